The molecule has 0 bridgehead atoms. The summed E-state index contributed by atoms with van der Waals surface area (Å²) in [7, 11) is 0. The minimum absolute atomic E-state index is 0.0422. The lowest BCUT2D eigenvalue weighted by Crippen LogP contribution is -2.39. The van der Waals surface area contributed by atoms with E-state index in [0.717, 1.165) is 35.6 Å². The topological polar surface area (TPSA) is 89.7 Å². The molecular weight excluding hydrogens is 478 g/mol. The Kier molecular flexibility index (Phi) is 7.50. The lowest BCUT2D eigenvalue weighted by atomic mass is 9.56. The maximum absolute atomic E-state index is 10.3. The van der Waals surface area contributed by atoms with E-state index >= 15 is 0 Å². The Balaban J connectivity index is 0.000000207. The summed E-state index contributed by atoms with van der Waals surface area (Å²) in [6, 6.07) is 22.1. The Labute approximate surface area is 223 Å². The average molecular weight is 514 g/mol. The van der Waals surface area contributed by atoms with Crippen molar-refractivity contribution in [2.45, 2.75) is 64.4 Å². The van der Waals surface area contributed by atoms with Crippen LogP contribution in [0.1, 0.15) is 78.4 Å². The van der Waals surface area contributed by atoms with E-state index in [2.05, 4.69) is 55.5 Å². The van der Waals surface area contributed by atoms with Crippen molar-refractivity contribution in [2.24, 2.45) is 17.3 Å². The third-order valence-corrected chi connectivity index (χ3v) is 9.05. The summed E-state index contributed by atoms with van der Waals surface area (Å²) in [5.74, 6) is 2.65. The number of nitro benzene ring substituents is 1. The highest BCUT2D eigenvalue weighted by Gasteiger charge is 2.50. The highest BCUT2D eigenvalue weighted by Crippen LogP contribution is 2.60. The Morgan fingerprint density at radius 2 is 1.79 bits per heavy atom. The summed E-state index contributed by atoms with van der Waals surface area (Å²) >= 11 is 0. The molecule has 0 aromatic heterocycles. The van der Waals surface area contributed by atoms with Gasteiger partial charge in [0, 0.05) is 12.1 Å². The highest BCUT2D eigenvalue weighted by atomic mass is 16.6. The summed E-state index contributed by atoms with van der Waals surface area (Å²) in [4.78, 5) is 19.9. The molecule has 0 amide bonds. The van der Waals surface area contributed by atoms with Crippen LogP contribution in [0.2, 0.25) is 0 Å². The fourth-order valence-electron chi connectivity index (χ4n) is 7.11. The first-order valence-electron chi connectivity index (χ1n) is 13.6. The Morgan fingerprint density at radius 1 is 1.03 bits per heavy atom. The molecular formula is C32H35NO5. The SMILES string of the molecule is CC12CCCC1C1CCc3cc(OCc4ccccc4)ccc3C1CC2.O=C(O)c1ccc([N+](=O)[O-])cc1. The van der Waals surface area contributed by atoms with E-state index in [4.69, 9.17) is 9.84 Å². The van der Waals surface area contributed by atoms with Crippen molar-refractivity contribution >= 4 is 11.7 Å². The molecule has 2 saturated carbocycles. The zero-order chi connectivity index (χ0) is 26.7. The van der Waals surface area contributed by atoms with Crippen LogP contribution in [-0.2, 0) is 13.0 Å². The summed E-state index contributed by atoms with van der Waals surface area (Å²) in [5.41, 5.74) is 5.01. The number of aromatic carboxylic acids is 1. The maximum Gasteiger partial charge on any atom is 0.335 e. The molecule has 4 unspecified atom stereocenters. The predicted octanol–water partition coefficient (Wildman–Crippen LogP) is 7.80. The number of carboxylic acid groups (broad SMARTS) is 1. The molecule has 1 N–H and O–H groups in total. The van der Waals surface area contributed by atoms with Gasteiger partial charge in [-0.25, -0.2) is 4.79 Å². The van der Waals surface area contributed by atoms with Crippen LogP contribution in [0.25, 0.3) is 0 Å². The van der Waals surface area contributed by atoms with Crippen molar-refractivity contribution in [3.63, 3.8) is 0 Å². The predicted molar refractivity (Wildman–Crippen MR) is 147 cm³/mol. The zero-order valence-electron chi connectivity index (χ0n) is 21.8. The van der Waals surface area contributed by atoms with E-state index in [1.54, 1.807) is 11.1 Å². The van der Waals surface area contributed by atoms with Crippen LogP contribution in [-0.4, -0.2) is 16.0 Å². The minimum Gasteiger partial charge on any atom is -0.489 e. The second kappa shape index (κ2) is 11.0. The summed E-state index contributed by atoms with van der Waals surface area (Å²) < 4.78 is 6.08. The van der Waals surface area contributed by atoms with Crippen LogP contribution in [0.3, 0.4) is 0 Å². The third kappa shape index (κ3) is 5.45. The molecule has 2 fully saturated rings. The number of carboxylic acids is 1. The van der Waals surface area contributed by atoms with Gasteiger partial charge >= 0.3 is 5.97 Å². The molecule has 0 aliphatic heterocycles. The molecule has 6 rings (SSSR count). The maximum atomic E-state index is 10.3. The third-order valence-electron chi connectivity index (χ3n) is 9.05. The lowest BCUT2D eigenvalue weighted by molar-refractivity contribution is -0.384. The van der Waals surface area contributed by atoms with Gasteiger partial charge in [-0.2, -0.15) is 0 Å². The lowest BCUT2D eigenvalue weighted by Gasteiger charge is -2.49. The van der Waals surface area contributed by atoms with Crippen molar-refractivity contribution in [2.75, 3.05) is 0 Å². The first kappa shape index (κ1) is 26.0. The van der Waals surface area contributed by atoms with Crippen molar-refractivity contribution < 1.29 is 19.6 Å². The van der Waals surface area contributed by atoms with Crippen LogP contribution in [0.5, 0.6) is 5.75 Å². The second-order valence-corrected chi connectivity index (χ2v) is 11.2. The number of hydrogen-bond acceptors (Lipinski definition) is 4. The number of aryl methyl sites for hydroxylation is 1. The van der Waals surface area contributed by atoms with Gasteiger partial charge in [0.25, 0.3) is 5.69 Å². The molecule has 0 heterocycles. The van der Waals surface area contributed by atoms with E-state index in [1.165, 1.54) is 62.6 Å². The molecule has 6 nitrogen and oxygen atoms in total. The van der Waals surface area contributed by atoms with Crippen LogP contribution in [0.4, 0.5) is 5.69 Å². The molecule has 3 aromatic carbocycles. The number of carbonyl (C=O) groups is 1. The first-order chi connectivity index (χ1) is 18.3. The molecule has 6 heteroatoms. The average Bonchev–Trinajstić information content (AvgIpc) is 3.34. The van der Waals surface area contributed by atoms with Gasteiger partial charge in [-0.1, -0.05) is 49.7 Å². The molecule has 38 heavy (non-hydrogen) atoms. The van der Waals surface area contributed by atoms with E-state index in [-0.39, 0.29) is 11.3 Å². The van der Waals surface area contributed by atoms with Gasteiger partial charge in [0.2, 0.25) is 0 Å². The van der Waals surface area contributed by atoms with E-state index < -0.39 is 10.9 Å². The molecule has 3 aliphatic carbocycles. The Bertz CT molecular complexity index is 1260. The summed E-state index contributed by atoms with van der Waals surface area (Å²) in [5, 5.41) is 18.6. The van der Waals surface area contributed by atoms with Gasteiger partial charge in [-0.3, -0.25) is 10.1 Å². The number of non-ortho nitro benzene ring substituents is 1. The molecule has 198 valence electrons. The molecule has 0 saturated heterocycles. The van der Waals surface area contributed by atoms with E-state index in [1.807, 2.05) is 0 Å². The van der Waals surface area contributed by atoms with Crippen LogP contribution in [0, 0.1) is 27.4 Å². The normalized spacial score (nSPS) is 25.1. The Morgan fingerprint density at radius 3 is 2.50 bits per heavy atom. The van der Waals surface area contributed by atoms with Crippen molar-refractivity contribution in [1.29, 1.82) is 0 Å². The fourth-order valence-corrected chi connectivity index (χ4v) is 7.11. The van der Waals surface area contributed by atoms with Gasteiger partial charge < -0.3 is 9.84 Å². The number of fused-ring (bicyclic) bond motifs is 5. The fraction of sp³-hybridized carbons (Fsp3) is 0.406. The summed E-state index contributed by atoms with van der Waals surface area (Å²) in [6.07, 6.45) is 9.87. The van der Waals surface area contributed by atoms with Gasteiger partial charge in [-0.15, -0.1) is 0 Å². The van der Waals surface area contributed by atoms with Gasteiger partial charge in [0.15, 0.2) is 0 Å². The number of nitrogens with zero attached hydrogens (tertiary/aromatic N) is 1. The standard InChI is InChI=1S/C25H30O.C7H5NO4/c1-25-14-5-8-24(25)23-11-9-19-16-20(10-12-21(19)22(23)13-15-25)26-17-18-6-3-2-4-7-18;9-7(10)5-1-3-6(4-2-5)8(11)12/h2-4,6-7,10,12,16,22-24H,5,8-9,11,13-15,17H2,1H3;1-4H,(H,9,10). The molecule has 0 radical (unpaired) electrons. The monoisotopic (exact) mass is 513 g/mol. The second-order valence-electron chi connectivity index (χ2n) is 11.2. The van der Waals surface area contributed by atoms with Crippen LogP contribution in [0.15, 0.2) is 72.8 Å². The minimum atomic E-state index is -1.09. The van der Waals surface area contributed by atoms with Crippen molar-refractivity contribution in [3.8, 4) is 5.75 Å². The van der Waals surface area contributed by atoms with Gasteiger partial charge in [-0.05, 0) is 103 Å². The molecule has 0 spiro atoms. The first-order valence-corrected chi connectivity index (χ1v) is 13.6. The highest BCUT2D eigenvalue weighted by molar-refractivity contribution is 5.87. The van der Waals surface area contributed by atoms with Crippen LogP contribution >= 0.6 is 0 Å². The molecule has 3 aromatic rings. The Hall–Kier alpha value is -3.67. The van der Waals surface area contributed by atoms with Crippen LogP contribution < -0.4 is 4.74 Å². The van der Waals surface area contributed by atoms with Gasteiger partial charge in [0.1, 0.15) is 12.4 Å². The van der Waals surface area contributed by atoms with E-state index in [9.17, 15) is 14.9 Å². The largest absolute Gasteiger partial charge is 0.489 e. The van der Waals surface area contributed by atoms with Crippen molar-refractivity contribution in [3.05, 3.63) is 105 Å². The molecule has 3 aliphatic rings. The summed E-state index contributed by atoms with van der Waals surface area (Å²) in [6.45, 7) is 3.24. The quantitative estimate of drug-likeness (QED) is 0.278. The smallest absolute Gasteiger partial charge is 0.335 e. The van der Waals surface area contributed by atoms with Crippen molar-refractivity contribution in [1.82, 2.24) is 0 Å². The number of hydrogen-bond donors (Lipinski definition) is 1. The van der Waals surface area contributed by atoms with Gasteiger partial charge in [0.05, 0.1) is 10.5 Å². The number of benzene rings is 3. The molecule has 4 atom stereocenters. The number of nitro groups is 1. The zero-order valence-corrected chi connectivity index (χ0v) is 21.8. The number of rotatable bonds is 5. The number of ether oxygens (including phenoxy) is 1. The van der Waals surface area contributed by atoms with E-state index in [0.29, 0.717) is 12.0 Å².